The van der Waals surface area contributed by atoms with E-state index in [0.717, 1.165) is 0 Å². The molecule has 0 heterocycles. The summed E-state index contributed by atoms with van der Waals surface area (Å²) in [5.41, 5.74) is 0. The van der Waals surface area contributed by atoms with E-state index in [1.807, 2.05) is 0 Å². The van der Waals surface area contributed by atoms with Gasteiger partial charge in [0.25, 0.3) is 0 Å². The standard InChI is InChI=1S/CH2O3.H4N2.Na.H/c2-1(3)4;1-2;;/h(H2,2,3,4);1-2H2;;/q;;+1;-1. The van der Waals surface area contributed by atoms with E-state index in [-0.39, 0.29) is 31.0 Å². The van der Waals surface area contributed by atoms with Crippen molar-refractivity contribution < 1.29 is 46.0 Å². The Hall–Kier alpha value is 0.190. The maximum atomic E-state index is 8.56. The van der Waals surface area contributed by atoms with E-state index in [1.54, 1.807) is 0 Å². The summed E-state index contributed by atoms with van der Waals surface area (Å²) in [6, 6.07) is 0. The average Bonchev–Trinajstić information content (AvgIpc) is 1.41. The minimum Gasteiger partial charge on any atom is -1.00 e. The van der Waals surface area contributed by atoms with Crippen molar-refractivity contribution in [2.45, 2.75) is 0 Å². The van der Waals surface area contributed by atoms with Crippen LogP contribution in [0, 0.1) is 0 Å². The largest absolute Gasteiger partial charge is 1.00 e. The number of hydrazine groups is 1. The van der Waals surface area contributed by atoms with E-state index < -0.39 is 6.16 Å². The predicted molar refractivity (Wildman–Crippen MR) is 20.1 cm³/mol. The van der Waals surface area contributed by atoms with Crippen molar-refractivity contribution in [3.8, 4) is 0 Å². The van der Waals surface area contributed by atoms with Crippen LogP contribution in [0.25, 0.3) is 0 Å². The Bertz CT molecular complexity index is 40.3. The van der Waals surface area contributed by atoms with Crippen LogP contribution in [0.15, 0.2) is 0 Å². The zero-order valence-electron chi connectivity index (χ0n) is 4.96. The van der Waals surface area contributed by atoms with Crippen molar-refractivity contribution >= 4 is 6.16 Å². The number of hydrogen-bond acceptors (Lipinski definition) is 3. The van der Waals surface area contributed by atoms with Crippen molar-refractivity contribution in [3.63, 3.8) is 0 Å². The summed E-state index contributed by atoms with van der Waals surface area (Å²) in [5.74, 6) is 8.00. The molecule has 7 heavy (non-hydrogen) atoms. The third kappa shape index (κ3) is 3010. The Kier molecular flexibility index (Phi) is 36.7. The molecule has 40 valence electrons. The zero-order chi connectivity index (χ0) is 5.58. The molecule has 0 bridgehead atoms. The van der Waals surface area contributed by atoms with Crippen molar-refractivity contribution in [3.05, 3.63) is 0 Å². The molecule has 0 atom stereocenters. The van der Waals surface area contributed by atoms with Crippen molar-refractivity contribution in [2.75, 3.05) is 0 Å². The molecule has 0 amide bonds. The Labute approximate surface area is 64.0 Å². The van der Waals surface area contributed by atoms with Crippen LogP contribution < -0.4 is 41.2 Å². The summed E-state index contributed by atoms with van der Waals surface area (Å²) in [4.78, 5) is 8.56. The summed E-state index contributed by atoms with van der Waals surface area (Å²) in [6.45, 7) is 0. The first-order valence-corrected chi connectivity index (χ1v) is 0.985. The fourth-order valence-corrected chi connectivity index (χ4v) is 0. The van der Waals surface area contributed by atoms with Gasteiger partial charge in [-0.1, -0.05) is 0 Å². The molecular formula is CH7N2NaO3. The number of hydrogen-bond donors (Lipinski definition) is 4. The molecule has 6 heteroatoms. The third-order valence-corrected chi connectivity index (χ3v) is 0. The Morgan fingerprint density at radius 3 is 1.43 bits per heavy atom. The van der Waals surface area contributed by atoms with Crippen LogP contribution in [0.1, 0.15) is 1.43 Å². The molecule has 0 saturated carbocycles. The van der Waals surface area contributed by atoms with Gasteiger partial charge in [-0.15, -0.1) is 0 Å². The first kappa shape index (κ1) is 15.7. The Balaban J connectivity index is -0.0000000183. The van der Waals surface area contributed by atoms with Crippen LogP contribution in [-0.4, -0.2) is 16.4 Å². The van der Waals surface area contributed by atoms with Gasteiger partial charge >= 0.3 is 35.7 Å². The molecule has 0 aromatic heterocycles. The SMILES string of the molecule is NN.O=C(O)O.[H-].[Na+]. The van der Waals surface area contributed by atoms with Gasteiger partial charge in [-0.2, -0.15) is 0 Å². The summed E-state index contributed by atoms with van der Waals surface area (Å²) in [6.07, 6.45) is -1.83. The van der Waals surface area contributed by atoms with E-state index in [4.69, 9.17) is 15.0 Å². The molecular weight excluding hydrogens is 111 g/mol. The van der Waals surface area contributed by atoms with Crippen molar-refractivity contribution in [2.24, 2.45) is 11.7 Å². The molecule has 0 rings (SSSR count). The van der Waals surface area contributed by atoms with E-state index in [0.29, 0.717) is 0 Å². The number of rotatable bonds is 0. The fraction of sp³-hybridized carbons (Fsp3) is 0. The van der Waals surface area contributed by atoms with Gasteiger partial charge in [-0.3, -0.25) is 11.7 Å². The van der Waals surface area contributed by atoms with E-state index in [9.17, 15) is 0 Å². The minimum atomic E-state index is -1.83. The third-order valence-electron chi connectivity index (χ3n) is 0. The molecule has 0 aliphatic rings. The quantitative estimate of drug-likeness (QED) is 0.148. The van der Waals surface area contributed by atoms with Crippen molar-refractivity contribution in [1.29, 1.82) is 0 Å². The van der Waals surface area contributed by atoms with E-state index in [1.165, 1.54) is 0 Å². The van der Waals surface area contributed by atoms with Gasteiger partial charge in [0.05, 0.1) is 0 Å². The topological polar surface area (TPSA) is 110 Å². The van der Waals surface area contributed by atoms with Gasteiger partial charge in [-0.05, 0) is 0 Å². The fourth-order valence-electron chi connectivity index (χ4n) is 0. The van der Waals surface area contributed by atoms with Crippen LogP contribution in [0.3, 0.4) is 0 Å². The molecule has 0 aliphatic carbocycles. The molecule has 0 fully saturated rings. The van der Waals surface area contributed by atoms with Gasteiger partial charge in [0, 0.05) is 0 Å². The normalized spacial score (nSPS) is 4.29. The molecule has 6 N–H and O–H groups in total. The van der Waals surface area contributed by atoms with Crippen LogP contribution in [0.5, 0.6) is 0 Å². The summed E-state index contributed by atoms with van der Waals surface area (Å²) in [7, 11) is 0. The summed E-state index contributed by atoms with van der Waals surface area (Å²) in [5, 5.41) is 13.9. The van der Waals surface area contributed by atoms with E-state index in [2.05, 4.69) is 11.7 Å². The molecule has 0 saturated heterocycles. The summed E-state index contributed by atoms with van der Waals surface area (Å²) >= 11 is 0. The zero-order valence-corrected chi connectivity index (χ0v) is 5.96. The Morgan fingerprint density at radius 1 is 1.43 bits per heavy atom. The van der Waals surface area contributed by atoms with E-state index >= 15 is 0 Å². The van der Waals surface area contributed by atoms with Crippen molar-refractivity contribution in [1.82, 2.24) is 0 Å². The molecule has 0 aromatic carbocycles. The van der Waals surface area contributed by atoms with Gasteiger partial charge in [0.1, 0.15) is 0 Å². The predicted octanol–water partition coefficient (Wildman–Crippen LogP) is -3.84. The van der Waals surface area contributed by atoms with Crippen LogP contribution in [0.4, 0.5) is 4.79 Å². The molecule has 0 spiro atoms. The maximum Gasteiger partial charge on any atom is 1.00 e. The van der Waals surface area contributed by atoms with Gasteiger partial charge in [-0.25, -0.2) is 4.79 Å². The Morgan fingerprint density at radius 2 is 1.43 bits per heavy atom. The van der Waals surface area contributed by atoms with Gasteiger partial charge < -0.3 is 11.6 Å². The minimum absolute atomic E-state index is 0. The molecule has 0 radical (unpaired) electrons. The molecule has 5 nitrogen and oxygen atoms in total. The second-order valence-corrected chi connectivity index (χ2v) is 0.283. The first-order valence-electron chi connectivity index (χ1n) is 0.985. The smallest absolute Gasteiger partial charge is 1.00 e. The molecule has 0 aliphatic heterocycles. The second kappa shape index (κ2) is 16.4. The van der Waals surface area contributed by atoms with Crippen LogP contribution >= 0.6 is 0 Å². The van der Waals surface area contributed by atoms with Crippen LogP contribution in [0.2, 0.25) is 0 Å². The number of carbonyl (C=O) groups is 1. The molecule has 0 unspecified atom stereocenters. The second-order valence-electron chi connectivity index (χ2n) is 0.283. The first-order chi connectivity index (χ1) is 2.73. The van der Waals surface area contributed by atoms with Gasteiger partial charge in [0.2, 0.25) is 0 Å². The average molecular weight is 118 g/mol. The molecule has 0 aromatic rings. The number of nitrogens with two attached hydrogens (primary N) is 2. The summed E-state index contributed by atoms with van der Waals surface area (Å²) < 4.78 is 0. The van der Waals surface area contributed by atoms with Crippen LogP contribution in [-0.2, 0) is 0 Å². The maximum absolute atomic E-state index is 8.56. The van der Waals surface area contributed by atoms with Gasteiger partial charge in [0.15, 0.2) is 0 Å². The number of carboxylic acid groups (broad SMARTS) is 2. The monoisotopic (exact) mass is 118 g/mol.